The maximum absolute atomic E-state index is 13.1. The molecule has 13 heteroatoms. The second kappa shape index (κ2) is 14.0. The number of nitrogens with one attached hydrogen (secondary N) is 4. The Balaban J connectivity index is 3.05. The Kier molecular flexibility index (Phi) is 11.9. The third-order valence-electron chi connectivity index (χ3n) is 5.00. The normalized spacial score (nSPS) is 14.6. The fourth-order valence-electron chi connectivity index (χ4n) is 3.33. The van der Waals surface area contributed by atoms with Crippen LogP contribution in [0.5, 0.6) is 0 Å². The number of H-pyrrole nitrogens is 1. The van der Waals surface area contributed by atoms with Crippen molar-refractivity contribution in [2.75, 3.05) is 0 Å². The van der Waals surface area contributed by atoms with Crippen molar-refractivity contribution in [2.24, 2.45) is 17.6 Å². The second-order valence-electron chi connectivity index (χ2n) is 9.27. The van der Waals surface area contributed by atoms with Crippen LogP contribution in [0.15, 0.2) is 12.5 Å². The molecule has 4 atom stereocenters. The molecule has 0 radical (unpaired) electrons. The fourth-order valence-corrected chi connectivity index (χ4v) is 3.33. The molecule has 35 heavy (non-hydrogen) atoms. The van der Waals surface area contributed by atoms with Gasteiger partial charge in [0.2, 0.25) is 17.7 Å². The van der Waals surface area contributed by atoms with Crippen LogP contribution < -0.4 is 21.7 Å². The summed E-state index contributed by atoms with van der Waals surface area (Å²) in [5, 5.41) is 25.8. The van der Waals surface area contributed by atoms with E-state index in [2.05, 4.69) is 25.9 Å². The quantitative estimate of drug-likeness (QED) is 0.164. The molecule has 0 fully saturated rings. The van der Waals surface area contributed by atoms with E-state index in [1.165, 1.54) is 12.5 Å². The summed E-state index contributed by atoms with van der Waals surface area (Å²) in [4.78, 5) is 67.6. The predicted octanol–water partition coefficient (Wildman–Crippen LogP) is -0.615. The number of nitrogens with zero attached hydrogens (tertiary/aromatic N) is 1. The third-order valence-corrected chi connectivity index (χ3v) is 5.00. The first-order chi connectivity index (χ1) is 16.3. The topological polar surface area (TPSA) is 217 Å². The summed E-state index contributed by atoms with van der Waals surface area (Å²) in [5.74, 6) is -4.69. The molecule has 8 N–H and O–H groups in total. The summed E-state index contributed by atoms with van der Waals surface area (Å²) < 4.78 is 0. The van der Waals surface area contributed by atoms with Gasteiger partial charge in [0.1, 0.15) is 18.1 Å². The first kappa shape index (κ1) is 29.6. The van der Waals surface area contributed by atoms with Crippen molar-refractivity contribution in [3.63, 3.8) is 0 Å². The number of aliphatic carboxylic acids is 2. The predicted molar refractivity (Wildman–Crippen MR) is 125 cm³/mol. The molecule has 0 aromatic carbocycles. The summed E-state index contributed by atoms with van der Waals surface area (Å²) in [6.45, 7) is 7.33. The van der Waals surface area contributed by atoms with Gasteiger partial charge in [-0.1, -0.05) is 27.7 Å². The van der Waals surface area contributed by atoms with Crippen LogP contribution in [0.4, 0.5) is 0 Å². The zero-order valence-corrected chi connectivity index (χ0v) is 20.4. The highest BCUT2D eigenvalue weighted by atomic mass is 16.4. The van der Waals surface area contributed by atoms with Crippen molar-refractivity contribution >= 4 is 29.7 Å². The average molecular weight is 497 g/mol. The van der Waals surface area contributed by atoms with Crippen LogP contribution in [-0.4, -0.2) is 74.0 Å². The van der Waals surface area contributed by atoms with Gasteiger partial charge in [0.05, 0.1) is 18.8 Å². The van der Waals surface area contributed by atoms with E-state index in [4.69, 9.17) is 10.8 Å². The van der Waals surface area contributed by atoms with Crippen molar-refractivity contribution in [1.29, 1.82) is 0 Å². The zero-order valence-electron chi connectivity index (χ0n) is 20.4. The van der Waals surface area contributed by atoms with Gasteiger partial charge in [0, 0.05) is 18.3 Å². The maximum atomic E-state index is 13.1. The van der Waals surface area contributed by atoms with Gasteiger partial charge >= 0.3 is 11.9 Å². The third kappa shape index (κ3) is 11.0. The minimum absolute atomic E-state index is 0.0125. The van der Waals surface area contributed by atoms with Gasteiger partial charge in [0.15, 0.2) is 0 Å². The molecule has 0 aliphatic carbocycles. The number of carbonyl (C=O) groups excluding carboxylic acids is 3. The number of carboxylic acid groups (broad SMARTS) is 2. The number of aromatic nitrogens is 2. The molecule has 1 heterocycles. The van der Waals surface area contributed by atoms with Crippen LogP contribution in [0.3, 0.4) is 0 Å². The molecule has 0 aliphatic rings. The number of imidazole rings is 1. The lowest BCUT2D eigenvalue weighted by Gasteiger charge is -2.26. The van der Waals surface area contributed by atoms with Crippen molar-refractivity contribution in [3.05, 3.63) is 18.2 Å². The lowest BCUT2D eigenvalue weighted by atomic mass is 10.00. The minimum Gasteiger partial charge on any atom is -0.481 e. The minimum atomic E-state index is -1.38. The molecule has 0 saturated heterocycles. The Morgan fingerprint density at radius 2 is 1.40 bits per heavy atom. The SMILES string of the molecule is CC(C)CC(NC(=O)C(CC(C)C)NC(=O)C(Cc1cnc[nH]1)NC(=O)C(N)CC(=O)O)C(=O)O. The largest absolute Gasteiger partial charge is 0.481 e. The number of rotatable bonds is 15. The van der Waals surface area contributed by atoms with Crippen LogP contribution >= 0.6 is 0 Å². The fraction of sp³-hybridized carbons (Fsp3) is 0.636. The van der Waals surface area contributed by atoms with Crippen LogP contribution in [0, 0.1) is 11.8 Å². The van der Waals surface area contributed by atoms with Gasteiger partial charge < -0.3 is 36.9 Å². The van der Waals surface area contributed by atoms with Gasteiger partial charge in [-0.15, -0.1) is 0 Å². The summed E-state index contributed by atoms with van der Waals surface area (Å²) in [5.41, 5.74) is 6.12. The highest BCUT2D eigenvalue weighted by Crippen LogP contribution is 2.10. The number of hydrogen-bond acceptors (Lipinski definition) is 7. The molecule has 13 nitrogen and oxygen atoms in total. The molecular formula is C22H36N6O7. The van der Waals surface area contributed by atoms with Gasteiger partial charge in [-0.25, -0.2) is 9.78 Å². The van der Waals surface area contributed by atoms with Gasteiger partial charge in [-0.3, -0.25) is 19.2 Å². The average Bonchev–Trinajstić information content (AvgIpc) is 3.24. The Morgan fingerprint density at radius 1 is 0.886 bits per heavy atom. The highest BCUT2D eigenvalue weighted by Gasteiger charge is 2.31. The van der Waals surface area contributed by atoms with E-state index in [-0.39, 0.29) is 31.1 Å². The van der Waals surface area contributed by atoms with Gasteiger partial charge in [-0.2, -0.15) is 0 Å². The Hall–Kier alpha value is -3.48. The second-order valence-corrected chi connectivity index (χ2v) is 9.27. The van der Waals surface area contributed by atoms with Gasteiger partial charge in [0.25, 0.3) is 0 Å². The maximum Gasteiger partial charge on any atom is 0.326 e. The zero-order chi connectivity index (χ0) is 26.7. The first-order valence-corrected chi connectivity index (χ1v) is 11.4. The van der Waals surface area contributed by atoms with E-state index in [9.17, 15) is 29.1 Å². The molecule has 0 spiro atoms. The molecule has 0 saturated carbocycles. The molecule has 3 amide bonds. The monoisotopic (exact) mass is 496 g/mol. The number of carboxylic acids is 2. The standard InChI is InChI=1S/C22H36N6O7/c1-11(2)5-15(20(32)28-17(22(34)35)6-12(3)4)27-21(33)16(7-13-9-24-10-25-13)26-19(31)14(23)8-18(29)30/h9-12,14-17H,5-8,23H2,1-4H3,(H,24,25)(H,26,31)(H,27,33)(H,28,32)(H,29,30)(H,34,35). The van der Waals surface area contributed by atoms with Crippen LogP contribution in [-0.2, 0) is 30.4 Å². The highest BCUT2D eigenvalue weighted by molar-refractivity contribution is 5.94. The van der Waals surface area contributed by atoms with Crippen molar-refractivity contribution in [3.8, 4) is 0 Å². The van der Waals surface area contributed by atoms with E-state index >= 15 is 0 Å². The lowest BCUT2D eigenvalue weighted by molar-refractivity contribution is -0.143. The molecule has 1 aromatic heterocycles. The Morgan fingerprint density at radius 3 is 1.89 bits per heavy atom. The van der Waals surface area contributed by atoms with E-state index in [1.807, 2.05) is 27.7 Å². The van der Waals surface area contributed by atoms with E-state index in [0.29, 0.717) is 5.69 Å². The molecule has 196 valence electrons. The smallest absolute Gasteiger partial charge is 0.326 e. The number of hydrogen-bond donors (Lipinski definition) is 7. The van der Waals surface area contributed by atoms with Crippen LogP contribution in [0.25, 0.3) is 0 Å². The number of nitrogens with two attached hydrogens (primary N) is 1. The molecular weight excluding hydrogens is 460 g/mol. The Bertz CT molecular complexity index is 872. The molecule has 4 unspecified atom stereocenters. The van der Waals surface area contributed by atoms with Crippen molar-refractivity contribution in [2.45, 2.75) is 77.5 Å². The molecule has 0 aliphatic heterocycles. The van der Waals surface area contributed by atoms with Gasteiger partial charge in [-0.05, 0) is 24.7 Å². The van der Waals surface area contributed by atoms with E-state index < -0.39 is 60.2 Å². The van der Waals surface area contributed by atoms with Crippen molar-refractivity contribution in [1.82, 2.24) is 25.9 Å². The number of amides is 3. The Labute approximate surface area is 203 Å². The number of aromatic amines is 1. The lowest BCUT2D eigenvalue weighted by Crippen LogP contribution is -2.58. The number of carbonyl (C=O) groups is 5. The summed E-state index contributed by atoms with van der Waals surface area (Å²) in [6, 6.07) is -4.77. The van der Waals surface area contributed by atoms with E-state index in [1.54, 1.807) is 0 Å². The van der Waals surface area contributed by atoms with Crippen molar-refractivity contribution < 1.29 is 34.2 Å². The summed E-state index contributed by atoms with van der Waals surface area (Å²) in [6.07, 6.45) is 2.61. The first-order valence-electron chi connectivity index (χ1n) is 11.4. The summed E-state index contributed by atoms with van der Waals surface area (Å²) in [7, 11) is 0. The molecule has 0 bridgehead atoms. The van der Waals surface area contributed by atoms with E-state index in [0.717, 1.165) is 0 Å². The molecule has 1 aromatic rings. The molecule has 1 rings (SSSR count). The van der Waals surface area contributed by atoms with Crippen LogP contribution in [0.2, 0.25) is 0 Å². The van der Waals surface area contributed by atoms with Crippen LogP contribution in [0.1, 0.15) is 52.7 Å². The summed E-state index contributed by atoms with van der Waals surface area (Å²) >= 11 is 0.